The molecule has 0 aliphatic carbocycles. The van der Waals surface area contributed by atoms with E-state index in [2.05, 4.69) is 11.8 Å². The van der Waals surface area contributed by atoms with Gasteiger partial charge in [0.05, 0.1) is 12.7 Å². The van der Waals surface area contributed by atoms with Crippen LogP contribution in [0.1, 0.15) is 54.9 Å². The fourth-order valence-corrected chi connectivity index (χ4v) is 5.25. The van der Waals surface area contributed by atoms with Crippen molar-refractivity contribution in [1.29, 1.82) is 0 Å². The highest BCUT2D eigenvalue weighted by molar-refractivity contribution is 5.94. The Labute approximate surface area is 163 Å². The predicted octanol–water partition coefficient (Wildman–Crippen LogP) is 3.74. The van der Waals surface area contributed by atoms with Crippen LogP contribution in [0.5, 0.6) is 0 Å². The van der Waals surface area contributed by atoms with E-state index in [9.17, 15) is 4.79 Å². The third-order valence-electron chi connectivity index (χ3n) is 6.87. The SMILES string of the molecule is Cc1cccc(C(=O)N2CCC3(CC2)CO[C@H](CN2CCC[C@H](C)C2)C3)c1. The topological polar surface area (TPSA) is 32.8 Å². The van der Waals surface area contributed by atoms with Crippen molar-refractivity contribution in [3.63, 3.8) is 0 Å². The molecule has 0 unspecified atom stereocenters. The van der Waals surface area contributed by atoms with E-state index in [-0.39, 0.29) is 5.91 Å². The van der Waals surface area contributed by atoms with Gasteiger partial charge in [0.15, 0.2) is 0 Å². The second-order valence-corrected chi connectivity index (χ2v) is 9.31. The summed E-state index contributed by atoms with van der Waals surface area (Å²) >= 11 is 0. The summed E-state index contributed by atoms with van der Waals surface area (Å²) in [7, 11) is 0. The Morgan fingerprint density at radius 2 is 2.07 bits per heavy atom. The van der Waals surface area contributed by atoms with Crippen LogP contribution >= 0.6 is 0 Å². The van der Waals surface area contributed by atoms with Crippen molar-refractivity contribution in [2.24, 2.45) is 11.3 Å². The molecule has 2 atom stereocenters. The number of amides is 1. The zero-order chi connectivity index (χ0) is 18.9. The Kier molecular flexibility index (Phi) is 5.56. The van der Waals surface area contributed by atoms with Gasteiger partial charge in [0, 0.05) is 31.7 Å². The molecule has 4 rings (SSSR count). The highest BCUT2D eigenvalue weighted by Gasteiger charge is 2.43. The Balaban J connectivity index is 1.29. The van der Waals surface area contributed by atoms with Crippen LogP contribution in [0.25, 0.3) is 0 Å². The lowest BCUT2D eigenvalue weighted by Gasteiger charge is -2.38. The van der Waals surface area contributed by atoms with Gasteiger partial charge in [-0.3, -0.25) is 4.79 Å². The third-order valence-corrected chi connectivity index (χ3v) is 6.87. The first-order valence-corrected chi connectivity index (χ1v) is 10.7. The number of piperidine rings is 2. The highest BCUT2D eigenvalue weighted by Crippen LogP contribution is 2.42. The van der Waals surface area contributed by atoms with Gasteiger partial charge in [-0.25, -0.2) is 0 Å². The molecule has 4 nitrogen and oxygen atoms in total. The molecule has 3 heterocycles. The maximum Gasteiger partial charge on any atom is 0.253 e. The van der Waals surface area contributed by atoms with Crippen molar-refractivity contribution in [1.82, 2.24) is 9.80 Å². The molecule has 4 heteroatoms. The highest BCUT2D eigenvalue weighted by atomic mass is 16.5. The van der Waals surface area contributed by atoms with E-state index in [1.54, 1.807) is 0 Å². The van der Waals surface area contributed by atoms with Crippen LogP contribution in [-0.2, 0) is 4.74 Å². The maximum atomic E-state index is 12.8. The van der Waals surface area contributed by atoms with Gasteiger partial charge >= 0.3 is 0 Å². The Bertz CT molecular complexity index is 666. The molecule has 3 fully saturated rings. The third kappa shape index (κ3) is 4.38. The average Bonchev–Trinajstić information content (AvgIpc) is 3.04. The lowest BCUT2D eigenvalue weighted by Crippen LogP contribution is -2.44. The summed E-state index contributed by atoms with van der Waals surface area (Å²) in [4.78, 5) is 17.4. The molecule has 3 aliphatic rings. The second kappa shape index (κ2) is 7.92. The molecule has 27 heavy (non-hydrogen) atoms. The fourth-order valence-electron chi connectivity index (χ4n) is 5.25. The second-order valence-electron chi connectivity index (χ2n) is 9.31. The molecule has 1 aromatic rings. The van der Waals surface area contributed by atoms with E-state index in [1.165, 1.54) is 32.4 Å². The molecule has 1 aromatic carbocycles. The zero-order valence-corrected chi connectivity index (χ0v) is 17.0. The van der Waals surface area contributed by atoms with Crippen molar-refractivity contribution < 1.29 is 9.53 Å². The van der Waals surface area contributed by atoms with E-state index >= 15 is 0 Å². The van der Waals surface area contributed by atoms with Gasteiger partial charge in [0.2, 0.25) is 0 Å². The molecule has 0 radical (unpaired) electrons. The average molecular weight is 371 g/mol. The summed E-state index contributed by atoms with van der Waals surface area (Å²) in [6.45, 7) is 10.6. The van der Waals surface area contributed by atoms with E-state index in [0.717, 1.165) is 56.1 Å². The predicted molar refractivity (Wildman–Crippen MR) is 108 cm³/mol. The summed E-state index contributed by atoms with van der Waals surface area (Å²) in [5.74, 6) is 1.01. The molecule has 1 amide bonds. The summed E-state index contributed by atoms with van der Waals surface area (Å²) in [5.41, 5.74) is 2.27. The fraction of sp³-hybridized carbons (Fsp3) is 0.696. The smallest absolute Gasteiger partial charge is 0.253 e. The summed E-state index contributed by atoms with van der Waals surface area (Å²) in [6, 6.07) is 7.96. The van der Waals surface area contributed by atoms with Crippen molar-refractivity contribution >= 4 is 5.91 Å². The van der Waals surface area contributed by atoms with Crippen molar-refractivity contribution in [3.8, 4) is 0 Å². The number of hydrogen-bond acceptors (Lipinski definition) is 3. The maximum absolute atomic E-state index is 12.8. The first-order valence-electron chi connectivity index (χ1n) is 10.7. The van der Waals surface area contributed by atoms with Crippen LogP contribution < -0.4 is 0 Å². The van der Waals surface area contributed by atoms with E-state index in [1.807, 2.05) is 36.1 Å². The molecule has 0 N–H and O–H groups in total. The molecular weight excluding hydrogens is 336 g/mol. The van der Waals surface area contributed by atoms with Crippen LogP contribution in [0.4, 0.5) is 0 Å². The van der Waals surface area contributed by atoms with Crippen LogP contribution in [0, 0.1) is 18.3 Å². The van der Waals surface area contributed by atoms with Gasteiger partial charge in [-0.15, -0.1) is 0 Å². The van der Waals surface area contributed by atoms with Crippen molar-refractivity contribution in [2.75, 3.05) is 39.3 Å². The van der Waals surface area contributed by atoms with E-state index < -0.39 is 0 Å². The first kappa shape index (κ1) is 18.9. The molecule has 0 saturated carbocycles. The Morgan fingerprint density at radius 1 is 1.26 bits per heavy atom. The molecule has 0 aromatic heterocycles. The monoisotopic (exact) mass is 370 g/mol. The number of rotatable bonds is 3. The van der Waals surface area contributed by atoms with Crippen LogP contribution in [-0.4, -0.2) is 61.1 Å². The van der Waals surface area contributed by atoms with E-state index in [4.69, 9.17) is 4.74 Å². The van der Waals surface area contributed by atoms with Crippen molar-refractivity contribution in [3.05, 3.63) is 35.4 Å². The molecule has 0 bridgehead atoms. The van der Waals surface area contributed by atoms with Crippen molar-refractivity contribution in [2.45, 2.75) is 52.1 Å². The van der Waals surface area contributed by atoms with E-state index in [0.29, 0.717) is 11.5 Å². The normalized spacial score (nSPS) is 28.6. The van der Waals surface area contributed by atoms with Crippen LogP contribution in [0.2, 0.25) is 0 Å². The first-order chi connectivity index (χ1) is 13.0. The number of likely N-dealkylation sites (tertiary alicyclic amines) is 2. The lowest BCUT2D eigenvalue weighted by molar-refractivity contribution is 0.0402. The van der Waals surface area contributed by atoms with Crippen LogP contribution in [0.15, 0.2) is 24.3 Å². The molecule has 1 spiro atoms. The number of carbonyl (C=O) groups excluding carboxylic acids is 1. The van der Waals surface area contributed by atoms with Crippen LogP contribution in [0.3, 0.4) is 0 Å². The summed E-state index contributed by atoms with van der Waals surface area (Å²) < 4.78 is 6.24. The number of ether oxygens (including phenoxy) is 1. The number of hydrogen-bond donors (Lipinski definition) is 0. The molecule has 148 valence electrons. The number of carbonyl (C=O) groups is 1. The Hall–Kier alpha value is -1.39. The number of benzene rings is 1. The molecule has 3 saturated heterocycles. The largest absolute Gasteiger partial charge is 0.376 e. The van der Waals surface area contributed by atoms with Gasteiger partial charge < -0.3 is 14.5 Å². The number of nitrogens with zero attached hydrogens (tertiary/aromatic N) is 2. The quantitative estimate of drug-likeness (QED) is 0.813. The summed E-state index contributed by atoms with van der Waals surface area (Å²) in [6.07, 6.45) is 6.42. The Morgan fingerprint density at radius 3 is 2.81 bits per heavy atom. The molecular formula is C23H34N2O2. The zero-order valence-electron chi connectivity index (χ0n) is 17.0. The van der Waals surface area contributed by atoms with Gasteiger partial charge in [-0.2, -0.15) is 0 Å². The minimum Gasteiger partial charge on any atom is -0.376 e. The van der Waals surface area contributed by atoms with Gasteiger partial charge in [-0.05, 0) is 69.0 Å². The summed E-state index contributed by atoms with van der Waals surface area (Å²) in [5, 5.41) is 0. The molecule has 3 aliphatic heterocycles. The standard InChI is InChI=1S/C23H34N2O2/c1-18-5-3-7-20(13-18)22(26)25-11-8-23(9-12-25)14-21(27-17-23)16-24-10-4-6-19(2)15-24/h3,5,7,13,19,21H,4,6,8-12,14-17H2,1-2H3/t19-,21-/m0/s1. The lowest BCUT2D eigenvalue weighted by atomic mass is 9.76. The van der Waals surface area contributed by atoms with Gasteiger partial charge in [0.1, 0.15) is 0 Å². The minimum absolute atomic E-state index is 0.186. The van der Waals surface area contributed by atoms with Gasteiger partial charge in [0.25, 0.3) is 5.91 Å². The minimum atomic E-state index is 0.186. The number of aryl methyl sites for hydroxylation is 1. The van der Waals surface area contributed by atoms with Gasteiger partial charge in [-0.1, -0.05) is 24.6 Å².